The summed E-state index contributed by atoms with van der Waals surface area (Å²) >= 11 is 7.33. The first kappa shape index (κ1) is 12.6. The summed E-state index contributed by atoms with van der Waals surface area (Å²) in [5.41, 5.74) is -0.457. The molecule has 0 aliphatic heterocycles. The van der Waals surface area contributed by atoms with Crippen LogP contribution < -0.4 is 0 Å². The Morgan fingerprint density at radius 3 is 2.73 bits per heavy atom. The van der Waals surface area contributed by atoms with Crippen LogP contribution in [0.3, 0.4) is 0 Å². The molecule has 1 heterocycles. The highest BCUT2D eigenvalue weighted by atomic mass is 127. The fraction of sp³-hybridized carbons (Fsp3) is 0.250. The van der Waals surface area contributed by atoms with Gasteiger partial charge < -0.3 is 4.74 Å². The standard InChI is InChI=1S/C8H5ClF2INO2/c1-15-8(14)6-5(12)4(9)3(2-13-6)7(10)11/h2,7H,1H3. The lowest BCUT2D eigenvalue weighted by Gasteiger charge is -2.07. The van der Waals surface area contributed by atoms with Crippen molar-refractivity contribution in [2.45, 2.75) is 6.43 Å². The molecule has 15 heavy (non-hydrogen) atoms. The maximum Gasteiger partial charge on any atom is 0.357 e. The van der Waals surface area contributed by atoms with E-state index in [1.807, 2.05) is 0 Å². The molecule has 0 aliphatic carbocycles. The van der Waals surface area contributed by atoms with Gasteiger partial charge in [-0.25, -0.2) is 18.6 Å². The zero-order valence-corrected chi connectivity index (χ0v) is 10.3. The van der Waals surface area contributed by atoms with Gasteiger partial charge in [-0.3, -0.25) is 0 Å². The Bertz CT molecular complexity index is 400. The molecule has 0 atom stereocenters. The number of pyridine rings is 1. The average molecular weight is 347 g/mol. The zero-order valence-electron chi connectivity index (χ0n) is 7.43. The monoisotopic (exact) mass is 347 g/mol. The first-order valence-corrected chi connectivity index (χ1v) is 5.15. The highest BCUT2D eigenvalue weighted by molar-refractivity contribution is 14.1. The lowest BCUT2D eigenvalue weighted by molar-refractivity contribution is 0.0592. The van der Waals surface area contributed by atoms with Gasteiger partial charge in [0, 0.05) is 6.20 Å². The third kappa shape index (κ3) is 2.54. The maximum atomic E-state index is 12.4. The molecule has 1 aromatic heterocycles. The fourth-order valence-electron chi connectivity index (χ4n) is 0.869. The van der Waals surface area contributed by atoms with E-state index in [-0.39, 0.29) is 14.3 Å². The SMILES string of the molecule is COC(=O)c1ncc(C(F)F)c(Cl)c1I. The van der Waals surface area contributed by atoms with Gasteiger partial charge >= 0.3 is 5.97 Å². The van der Waals surface area contributed by atoms with Crippen molar-refractivity contribution < 1.29 is 18.3 Å². The van der Waals surface area contributed by atoms with Gasteiger partial charge in [-0.2, -0.15) is 0 Å². The number of hydrogen-bond donors (Lipinski definition) is 0. The molecule has 1 rings (SSSR count). The largest absolute Gasteiger partial charge is 0.464 e. The molecule has 0 aliphatic rings. The molecule has 0 bridgehead atoms. The summed E-state index contributed by atoms with van der Waals surface area (Å²) in [5.74, 6) is -0.706. The van der Waals surface area contributed by atoms with Crippen molar-refractivity contribution in [2.24, 2.45) is 0 Å². The molecule has 0 saturated carbocycles. The zero-order chi connectivity index (χ0) is 11.6. The molecular formula is C8H5ClF2INO2. The van der Waals surface area contributed by atoms with Crippen LogP contribution in [-0.4, -0.2) is 18.1 Å². The van der Waals surface area contributed by atoms with Crippen molar-refractivity contribution in [3.05, 3.63) is 26.0 Å². The fourth-order valence-corrected chi connectivity index (χ4v) is 1.76. The average Bonchev–Trinajstić information content (AvgIpc) is 2.20. The number of carbonyl (C=O) groups is 1. The topological polar surface area (TPSA) is 39.2 Å². The number of rotatable bonds is 2. The Kier molecular flexibility index (Phi) is 4.21. The van der Waals surface area contributed by atoms with E-state index < -0.39 is 18.0 Å². The second-order valence-corrected chi connectivity index (χ2v) is 3.94. The second-order valence-electron chi connectivity index (χ2n) is 2.48. The maximum absolute atomic E-state index is 12.4. The number of alkyl halides is 2. The Morgan fingerprint density at radius 1 is 1.67 bits per heavy atom. The van der Waals surface area contributed by atoms with Crippen molar-refractivity contribution >= 4 is 40.2 Å². The number of ether oxygens (including phenoxy) is 1. The van der Waals surface area contributed by atoms with E-state index in [0.29, 0.717) is 0 Å². The molecule has 0 unspecified atom stereocenters. The van der Waals surface area contributed by atoms with Crippen molar-refractivity contribution in [3.63, 3.8) is 0 Å². The number of methoxy groups -OCH3 is 1. The van der Waals surface area contributed by atoms with Crippen LogP contribution in [-0.2, 0) is 4.74 Å². The highest BCUT2D eigenvalue weighted by Gasteiger charge is 2.21. The second kappa shape index (κ2) is 5.02. The molecule has 0 spiro atoms. The quantitative estimate of drug-likeness (QED) is 0.610. The smallest absolute Gasteiger partial charge is 0.357 e. The van der Waals surface area contributed by atoms with Gasteiger partial charge in [0.05, 0.1) is 21.3 Å². The van der Waals surface area contributed by atoms with E-state index in [1.54, 1.807) is 22.6 Å². The molecule has 0 saturated heterocycles. The molecule has 0 radical (unpaired) electrons. The highest BCUT2D eigenvalue weighted by Crippen LogP contribution is 2.31. The van der Waals surface area contributed by atoms with Gasteiger partial charge in [0.25, 0.3) is 6.43 Å². The van der Waals surface area contributed by atoms with E-state index in [9.17, 15) is 13.6 Å². The molecular weight excluding hydrogens is 342 g/mol. The summed E-state index contributed by atoms with van der Waals surface area (Å²) < 4.78 is 29.3. The number of hydrogen-bond acceptors (Lipinski definition) is 3. The minimum absolute atomic E-state index is 0.0625. The van der Waals surface area contributed by atoms with Crippen LogP contribution in [0.25, 0.3) is 0 Å². The third-order valence-corrected chi connectivity index (χ3v) is 3.38. The van der Waals surface area contributed by atoms with Gasteiger partial charge in [-0.15, -0.1) is 0 Å². The predicted molar refractivity (Wildman–Crippen MR) is 58.3 cm³/mol. The van der Waals surface area contributed by atoms with Crippen LogP contribution in [0.15, 0.2) is 6.20 Å². The minimum atomic E-state index is -2.72. The summed E-state index contributed by atoms with van der Waals surface area (Å²) in [7, 11) is 1.18. The van der Waals surface area contributed by atoms with E-state index in [1.165, 1.54) is 7.11 Å². The van der Waals surface area contributed by atoms with Crippen LogP contribution in [0, 0.1) is 3.57 Å². The summed E-state index contributed by atoms with van der Waals surface area (Å²) in [5, 5.41) is -0.166. The molecule has 0 amide bonds. The van der Waals surface area contributed by atoms with Crippen molar-refractivity contribution in [3.8, 4) is 0 Å². The first-order chi connectivity index (χ1) is 6.99. The predicted octanol–water partition coefficient (Wildman–Crippen LogP) is 3.06. The third-order valence-electron chi connectivity index (χ3n) is 1.60. The molecule has 0 N–H and O–H groups in total. The molecule has 1 aromatic rings. The van der Waals surface area contributed by atoms with Crippen LogP contribution in [0.5, 0.6) is 0 Å². The summed E-state index contributed by atoms with van der Waals surface area (Å²) in [6, 6.07) is 0. The lowest BCUT2D eigenvalue weighted by Crippen LogP contribution is -2.08. The van der Waals surface area contributed by atoms with E-state index in [4.69, 9.17) is 11.6 Å². The van der Waals surface area contributed by atoms with Crippen molar-refractivity contribution in [2.75, 3.05) is 7.11 Å². The Hall–Kier alpha value is -0.500. The van der Waals surface area contributed by atoms with E-state index in [2.05, 4.69) is 9.72 Å². The van der Waals surface area contributed by atoms with Gasteiger partial charge in [0.2, 0.25) is 0 Å². The summed E-state index contributed by atoms with van der Waals surface area (Å²) in [6.07, 6.45) is -1.84. The summed E-state index contributed by atoms with van der Waals surface area (Å²) in [6.45, 7) is 0. The number of nitrogens with zero attached hydrogens (tertiary/aromatic N) is 1. The minimum Gasteiger partial charge on any atom is -0.464 e. The molecule has 0 fully saturated rings. The summed E-state index contributed by atoms with van der Waals surface area (Å²) in [4.78, 5) is 14.7. The van der Waals surface area contributed by atoms with Crippen LogP contribution in [0.1, 0.15) is 22.5 Å². The molecule has 7 heteroatoms. The Morgan fingerprint density at radius 2 is 2.27 bits per heavy atom. The number of esters is 1. The van der Waals surface area contributed by atoms with Crippen LogP contribution in [0.2, 0.25) is 5.02 Å². The normalized spacial score (nSPS) is 10.5. The van der Waals surface area contributed by atoms with Crippen molar-refractivity contribution in [1.29, 1.82) is 0 Å². The van der Waals surface area contributed by atoms with E-state index >= 15 is 0 Å². The van der Waals surface area contributed by atoms with Gasteiger partial charge in [-0.1, -0.05) is 11.6 Å². The van der Waals surface area contributed by atoms with Crippen LogP contribution in [0.4, 0.5) is 8.78 Å². The first-order valence-electron chi connectivity index (χ1n) is 3.69. The van der Waals surface area contributed by atoms with Gasteiger partial charge in [0.1, 0.15) is 0 Å². The van der Waals surface area contributed by atoms with Crippen molar-refractivity contribution in [1.82, 2.24) is 4.98 Å². The Balaban J connectivity index is 3.27. The molecule has 0 aromatic carbocycles. The van der Waals surface area contributed by atoms with E-state index in [0.717, 1.165) is 6.20 Å². The van der Waals surface area contributed by atoms with Gasteiger partial charge in [0.15, 0.2) is 5.69 Å². The number of carbonyl (C=O) groups excluding carboxylic acids is 1. The van der Waals surface area contributed by atoms with Gasteiger partial charge in [-0.05, 0) is 22.6 Å². The molecule has 82 valence electrons. The molecule has 3 nitrogen and oxygen atoms in total. The number of halogens is 4. The number of aromatic nitrogens is 1. The van der Waals surface area contributed by atoms with Crippen LogP contribution >= 0.6 is 34.2 Å². The Labute approximate surface area is 103 Å². The lowest BCUT2D eigenvalue weighted by atomic mass is 10.2.